The number of hydrogen-bond donors (Lipinski definition) is 7. The van der Waals surface area contributed by atoms with Crippen molar-refractivity contribution in [2.45, 2.75) is 51.6 Å². The number of fused-ring (bicyclic) bond motifs is 25. The van der Waals surface area contributed by atoms with Crippen LogP contribution in [0.25, 0.3) is 0 Å². The highest BCUT2D eigenvalue weighted by molar-refractivity contribution is 5.97. The number of carbonyl (C=O) groups is 6. The van der Waals surface area contributed by atoms with Gasteiger partial charge in [0.2, 0.25) is 35.4 Å². The quantitative estimate of drug-likeness (QED) is 0.160. The lowest BCUT2D eigenvalue weighted by Gasteiger charge is -2.31. The van der Waals surface area contributed by atoms with E-state index in [1.165, 1.54) is 6.92 Å². The van der Waals surface area contributed by atoms with Crippen LogP contribution in [0, 0.1) is 0 Å². The first-order valence-corrected chi connectivity index (χ1v) is 14.4. The fourth-order valence-corrected chi connectivity index (χ4v) is 4.68. The fourth-order valence-electron chi connectivity index (χ4n) is 4.68. The van der Waals surface area contributed by atoms with E-state index in [1.54, 1.807) is 0 Å². The van der Waals surface area contributed by atoms with Crippen LogP contribution in [0.2, 0.25) is 0 Å². The Morgan fingerprint density at radius 1 is 0.732 bits per heavy atom. The maximum absolute atomic E-state index is 12.5. The fraction of sp³-hybridized carbons (Fsp3) is 0.769. The number of carbonyl (C=O) groups excluding carboxylic acids is 6. The van der Waals surface area contributed by atoms with E-state index >= 15 is 0 Å². The number of hydrogen-bond acceptors (Lipinski definition) is 9. The molecule has 0 aliphatic carbocycles. The van der Waals surface area contributed by atoms with E-state index in [1.807, 2.05) is 11.8 Å². The van der Waals surface area contributed by atoms with E-state index in [9.17, 15) is 28.8 Å². The van der Waals surface area contributed by atoms with Crippen LogP contribution in [0.4, 0.5) is 0 Å². The van der Waals surface area contributed by atoms with Gasteiger partial charge in [0.1, 0.15) is 12.8 Å². The molecule has 0 aromatic rings. The first-order chi connectivity index (χ1) is 19.6. The molecule has 0 saturated carbocycles. The topological polar surface area (TPSA) is 193 Å². The lowest BCUT2D eigenvalue weighted by molar-refractivity contribution is -0.131. The Labute approximate surface area is 241 Å². The molecule has 2 bridgehead atoms. The third-order valence-electron chi connectivity index (χ3n) is 6.67. The summed E-state index contributed by atoms with van der Waals surface area (Å²) in [7, 11) is 0. The van der Waals surface area contributed by atoms with Crippen molar-refractivity contribution in [3.05, 3.63) is 0 Å². The number of nitrogens with zero attached hydrogens (tertiary/aromatic N) is 2. The summed E-state index contributed by atoms with van der Waals surface area (Å²) >= 11 is 0. The van der Waals surface area contributed by atoms with Gasteiger partial charge in [0.05, 0.1) is 0 Å². The predicted octanol–water partition coefficient (Wildman–Crippen LogP) is -3.76. The van der Waals surface area contributed by atoms with Crippen LogP contribution in [0.3, 0.4) is 0 Å². The van der Waals surface area contributed by atoms with Gasteiger partial charge in [0.25, 0.3) is 0 Å². The van der Waals surface area contributed by atoms with E-state index in [4.69, 9.17) is 0 Å². The van der Waals surface area contributed by atoms with Crippen molar-refractivity contribution >= 4 is 35.4 Å². The molecule has 0 spiro atoms. The van der Waals surface area contributed by atoms with Gasteiger partial charge in [-0.3, -0.25) is 38.6 Å². The highest BCUT2D eigenvalue weighted by Crippen LogP contribution is 1.99. The zero-order chi connectivity index (χ0) is 30.0. The first-order valence-electron chi connectivity index (χ1n) is 14.4. The molecule has 3 fully saturated rings. The minimum Gasteiger partial charge on any atom is -0.356 e. The van der Waals surface area contributed by atoms with Crippen LogP contribution >= 0.6 is 0 Å². The lowest BCUT2D eigenvalue weighted by Crippen LogP contribution is -2.52. The minimum atomic E-state index is -0.388. The molecule has 0 aromatic carbocycles. The normalized spacial score (nSPS) is 27.6. The molecule has 3 saturated heterocycles. The zero-order valence-electron chi connectivity index (χ0n) is 24.3. The van der Waals surface area contributed by atoms with Crippen LogP contribution in [0.15, 0.2) is 0 Å². The van der Waals surface area contributed by atoms with E-state index in [0.29, 0.717) is 78.4 Å². The Hall–Kier alpha value is -3.30. The van der Waals surface area contributed by atoms with Gasteiger partial charge in [0.15, 0.2) is 0 Å². The monoisotopic (exact) mass is 581 g/mol. The van der Waals surface area contributed by atoms with Gasteiger partial charge in [0, 0.05) is 97.4 Å². The number of rotatable bonds is 2. The van der Waals surface area contributed by atoms with Crippen molar-refractivity contribution in [1.82, 2.24) is 47.0 Å². The standard InChI is InChI=1S/C26H47N9O6/c1-19-17-35-13-9-31-24(39)14-23(38)30-8-12-34(10-3-5-28-25(40)15-26(41)33-19)11-7-29-22(37)4-6-27-21(18-35)16-32-20(2)36/h19,21,27H,3-18H2,1-2H3,(H,28,40)(H,29,37)(H,30,38)(H,31,39)(H,32,36)(H,33,41). The second kappa shape index (κ2) is 18.9. The van der Waals surface area contributed by atoms with Crippen molar-refractivity contribution in [3.8, 4) is 0 Å². The van der Waals surface area contributed by atoms with E-state index < -0.39 is 0 Å². The summed E-state index contributed by atoms with van der Waals surface area (Å²) in [5.74, 6) is -1.81. The zero-order valence-corrected chi connectivity index (χ0v) is 24.3. The maximum Gasteiger partial charge on any atom is 0.229 e. The maximum atomic E-state index is 12.5. The molecule has 3 rings (SSSR count). The van der Waals surface area contributed by atoms with Crippen molar-refractivity contribution in [3.63, 3.8) is 0 Å². The smallest absolute Gasteiger partial charge is 0.229 e. The molecule has 4 atom stereocenters. The SMILES string of the molecule is CC(=O)NCC1CN2CCNC(=O)CC(=O)NCCN(CCCNC(=O)CC(=O)NC(C)C2)CCNC(=O)CCN1. The van der Waals surface area contributed by atoms with Crippen LogP contribution in [-0.2, 0) is 28.8 Å². The predicted molar refractivity (Wildman–Crippen MR) is 151 cm³/mol. The Kier molecular flexibility index (Phi) is 15.7. The van der Waals surface area contributed by atoms with Crippen molar-refractivity contribution < 1.29 is 28.8 Å². The van der Waals surface area contributed by atoms with Gasteiger partial charge in [-0.25, -0.2) is 0 Å². The van der Waals surface area contributed by atoms with Gasteiger partial charge in [-0.05, 0) is 19.9 Å². The van der Waals surface area contributed by atoms with Gasteiger partial charge >= 0.3 is 0 Å². The Morgan fingerprint density at radius 2 is 1.29 bits per heavy atom. The number of amides is 6. The highest BCUT2D eigenvalue weighted by atomic mass is 16.2. The second-order valence-electron chi connectivity index (χ2n) is 10.5. The van der Waals surface area contributed by atoms with E-state index in [2.05, 4.69) is 42.1 Å². The highest BCUT2D eigenvalue weighted by Gasteiger charge is 2.20. The third kappa shape index (κ3) is 15.9. The molecular formula is C26H47N9O6. The molecule has 3 heterocycles. The molecule has 3 aliphatic rings. The van der Waals surface area contributed by atoms with Crippen molar-refractivity contribution in [2.24, 2.45) is 0 Å². The second-order valence-corrected chi connectivity index (χ2v) is 10.5. The van der Waals surface area contributed by atoms with Crippen molar-refractivity contribution in [2.75, 3.05) is 78.5 Å². The summed E-state index contributed by atoms with van der Waals surface area (Å²) < 4.78 is 0. The molecule has 4 unspecified atom stereocenters. The van der Waals surface area contributed by atoms with Gasteiger partial charge in [-0.1, -0.05) is 0 Å². The first kappa shape index (κ1) is 33.9. The van der Waals surface area contributed by atoms with Crippen molar-refractivity contribution in [1.29, 1.82) is 0 Å². The van der Waals surface area contributed by atoms with Crippen LogP contribution in [-0.4, -0.2) is 136 Å². The molecule has 232 valence electrons. The summed E-state index contributed by atoms with van der Waals surface area (Å²) in [6, 6.07) is -0.544. The number of nitrogens with one attached hydrogen (secondary N) is 7. The summed E-state index contributed by atoms with van der Waals surface area (Å²) in [5.41, 5.74) is 0. The average Bonchev–Trinajstić information content (AvgIpc) is 2.87. The molecule has 15 nitrogen and oxygen atoms in total. The third-order valence-corrected chi connectivity index (χ3v) is 6.67. The van der Waals surface area contributed by atoms with Crippen LogP contribution < -0.4 is 37.2 Å². The molecule has 7 N–H and O–H groups in total. The largest absolute Gasteiger partial charge is 0.356 e. The lowest BCUT2D eigenvalue weighted by atomic mass is 10.2. The van der Waals surface area contributed by atoms with Gasteiger partial charge in [-0.15, -0.1) is 0 Å². The summed E-state index contributed by atoms with van der Waals surface area (Å²) in [4.78, 5) is 77.7. The van der Waals surface area contributed by atoms with Gasteiger partial charge < -0.3 is 37.2 Å². The van der Waals surface area contributed by atoms with E-state index in [0.717, 1.165) is 0 Å². The Bertz CT molecular complexity index is 903. The summed E-state index contributed by atoms with van der Waals surface area (Å²) in [6.45, 7) is 8.22. The molecule has 15 heteroatoms. The molecule has 0 radical (unpaired) electrons. The summed E-state index contributed by atoms with van der Waals surface area (Å²) in [5, 5.41) is 20.3. The minimum absolute atomic E-state index is 0.104. The molecule has 3 aliphatic heterocycles. The molecule has 6 amide bonds. The summed E-state index contributed by atoms with van der Waals surface area (Å²) in [6.07, 6.45) is 0.292. The van der Waals surface area contributed by atoms with Gasteiger partial charge in [-0.2, -0.15) is 0 Å². The molecular weight excluding hydrogens is 534 g/mol. The Morgan fingerprint density at radius 3 is 1.93 bits per heavy atom. The van der Waals surface area contributed by atoms with Crippen LogP contribution in [0.5, 0.6) is 0 Å². The van der Waals surface area contributed by atoms with E-state index in [-0.39, 0.29) is 73.3 Å². The Balaban J connectivity index is 2.27. The average molecular weight is 582 g/mol. The molecule has 41 heavy (non-hydrogen) atoms. The molecule has 0 aromatic heterocycles. The van der Waals surface area contributed by atoms with Crippen LogP contribution in [0.1, 0.15) is 39.5 Å².